The van der Waals surface area contributed by atoms with E-state index >= 15 is 0 Å². The maximum Gasteiger partial charge on any atom is 0.303 e. The van der Waals surface area contributed by atoms with Gasteiger partial charge < -0.3 is 50.2 Å². The molecule has 6 N–H and O–H groups in total. The molecule has 0 bridgehead atoms. The van der Waals surface area contributed by atoms with Gasteiger partial charge in [0.15, 0.2) is 0 Å². The van der Waals surface area contributed by atoms with Gasteiger partial charge in [-0.2, -0.15) is 0 Å². The third kappa shape index (κ3) is 25.9. The van der Waals surface area contributed by atoms with Crippen molar-refractivity contribution >= 4 is 69.5 Å². The van der Waals surface area contributed by atoms with Crippen LogP contribution in [0, 0.1) is 5.82 Å². The smallest absolute Gasteiger partial charge is 0.303 e. The van der Waals surface area contributed by atoms with E-state index in [4.69, 9.17) is 46.2 Å². The highest BCUT2D eigenvalue weighted by Gasteiger charge is 2.17. The van der Waals surface area contributed by atoms with Gasteiger partial charge in [-0.1, -0.05) is 68.5 Å². The van der Waals surface area contributed by atoms with E-state index in [1.54, 1.807) is 38.5 Å². The number of carbonyl (C=O) groups excluding carboxylic acids is 1. The highest BCUT2D eigenvalue weighted by Crippen LogP contribution is 2.34. The number of halogens is 2. The number of unbranched alkanes of at least 4 members (excludes halogenated alkanes) is 10. The molecule has 1 aliphatic heterocycles. The standard InChI is InChI=1S/C27H31ClFN5O4.2C10H18O4/c1-36-10-9-34-7-5-18(6-8-34)13-26(35)33-24-15-20-23(16-25(24)38-12-11-37-2)30-17-31-27(20)32-19-3-4-22(29)21(28)14-19;2*11-9(12)7-5-3-1-2-4-6-8-10(13)14/h3-4,13-17H,5-12H2,1-2H3,(H,33,35)(H,30,31,32);2*1-8H2,(H,11,12)(H,13,14). The van der Waals surface area contributed by atoms with Crippen LogP contribution in [-0.2, 0) is 33.4 Å². The second-order valence-corrected chi connectivity index (χ2v) is 16.0. The number of nitrogens with zero attached hydrogens (tertiary/aromatic N) is 3. The Morgan fingerprint density at radius 1 is 0.712 bits per heavy atom. The lowest BCUT2D eigenvalue weighted by molar-refractivity contribution is -0.138. The summed E-state index contributed by atoms with van der Waals surface area (Å²) < 4.78 is 29.8. The SMILES string of the molecule is COCCOc1cc2ncnc(Nc3ccc(F)c(Cl)c3)c2cc1NC(=O)C=C1CCN(CCOC)CC1.O=C(O)CCCCCCCCC(=O)O.O=C(O)CCCCCCCCC(=O)O. The summed E-state index contributed by atoms with van der Waals surface area (Å²) in [6, 6.07) is 7.81. The van der Waals surface area contributed by atoms with E-state index in [2.05, 4.69) is 25.5 Å². The fourth-order valence-electron chi connectivity index (χ4n) is 6.65. The Hall–Kier alpha value is -5.43. The van der Waals surface area contributed by atoms with Crippen LogP contribution in [0.3, 0.4) is 0 Å². The van der Waals surface area contributed by atoms with Gasteiger partial charge in [-0.25, -0.2) is 14.4 Å². The zero-order valence-corrected chi connectivity index (χ0v) is 38.9. The topological polar surface area (TPSA) is 247 Å². The Labute approximate surface area is 391 Å². The molecule has 19 heteroatoms. The zero-order chi connectivity index (χ0) is 48.5. The van der Waals surface area contributed by atoms with Crippen LogP contribution in [0.15, 0.2) is 48.3 Å². The number of benzene rings is 2. The number of ether oxygens (including phenoxy) is 3. The second-order valence-electron chi connectivity index (χ2n) is 15.6. The summed E-state index contributed by atoms with van der Waals surface area (Å²) in [6.07, 6.45) is 16.4. The van der Waals surface area contributed by atoms with Crippen LogP contribution in [0.4, 0.5) is 21.6 Å². The van der Waals surface area contributed by atoms with E-state index in [9.17, 15) is 28.4 Å². The van der Waals surface area contributed by atoms with Gasteiger partial charge in [0.2, 0.25) is 5.91 Å². The van der Waals surface area contributed by atoms with Crippen molar-refractivity contribution in [3.05, 3.63) is 59.1 Å². The molecule has 1 saturated heterocycles. The highest BCUT2D eigenvalue weighted by atomic mass is 35.5. The zero-order valence-electron chi connectivity index (χ0n) is 38.2. The number of anilines is 3. The average Bonchev–Trinajstić information content (AvgIpc) is 3.27. The Kier molecular flexibility index (Phi) is 29.2. The molecule has 0 spiro atoms. The number of hydrogen-bond donors (Lipinski definition) is 6. The fraction of sp³-hybridized carbons (Fsp3) is 0.553. The molecule has 366 valence electrons. The first-order chi connectivity index (χ1) is 31.7. The van der Waals surface area contributed by atoms with Gasteiger partial charge in [0.1, 0.15) is 30.3 Å². The number of fused-ring (bicyclic) bond motifs is 1. The number of rotatable bonds is 29. The Balaban J connectivity index is 0.000000439. The number of piperidine rings is 1. The molecule has 1 aliphatic rings. The molecule has 0 aliphatic carbocycles. The molecule has 66 heavy (non-hydrogen) atoms. The predicted octanol–water partition coefficient (Wildman–Crippen LogP) is 9.35. The molecule has 2 aromatic carbocycles. The van der Waals surface area contributed by atoms with E-state index in [0.29, 0.717) is 53.7 Å². The van der Waals surface area contributed by atoms with Crippen molar-refractivity contribution in [3.63, 3.8) is 0 Å². The summed E-state index contributed by atoms with van der Waals surface area (Å²) in [7, 11) is 3.29. The first-order valence-corrected chi connectivity index (χ1v) is 22.8. The van der Waals surface area contributed by atoms with Gasteiger partial charge in [-0.15, -0.1) is 0 Å². The van der Waals surface area contributed by atoms with Crippen LogP contribution in [0.2, 0.25) is 5.02 Å². The lowest BCUT2D eigenvalue weighted by Crippen LogP contribution is -2.33. The number of nitrogens with one attached hydrogen (secondary N) is 2. The normalized spacial score (nSPS) is 12.3. The summed E-state index contributed by atoms with van der Waals surface area (Å²) >= 11 is 5.94. The lowest BCUT2D eigenvalue weighted by Gasteiger charge is -2.27. The minimum absolute atomic E-state index is 0.00675. The number of carboxylic acids is 4. The second kappa shape index (κ2) is 34.0. The van der Waals surface area contributed by atoms with Crippen LogP contribution < -0.4 is 15.4 Å². The average molecular weight is 949 g/mol. The van der Waals surface area contributed by atoms with Crippen LogP contribution in [0.25, 0.3) is 10.9 Å². The van der Waals surface area contributed by atoms with Crippen molar-refractivity contribution in [2.45, 2.75) is 116 Å². The molecule has 1 fully saturated rings. The van der Waals surface area contributed by atoms with Crippen LogP contribution >= 0.6 is 11.6 Å². The van der Waals surface area contributed by atoms with Crippen LogP contribution in [0.1, 0.15) is 116 Å². The third-order valence-electron chi connectivity index (χ3n) is 10.2. The summed E-state index contributed by atoms with van der Waals surface area (Å²) in [6.45, 7) is 4.05. The van der Waals surface area contributed by atoms with Crippen molar-refractivity contribution < 1.29 is 63.0 Å². The fourth-order valence-corrected chi connectivity index (χ4v) is 6.83. The number of carbonyl (C=O) groups is 5. The first-order valence-electron chi connectivity index (χ1n) is 22.4. The Morgan fingerprint density at radius 3 is 1.71 bits per heavy atom. The molecule has 17 nitrogen and oxygen atoms in total. The summed E-state index contributed by atoms with van der Waals surface area (Å²) in [5.41, 5.74) is 2.73. The van der Waals surface area contributed by atoms with Gasteiger partial charge in [0.25, 0.3) is 0 Å². The number of carboxylic acid groups (broad SMARTS) is 4. The molecule has 0 saturated carbocycles. The van der Waals surface area contributed by atoms with Crippen molar-refractivity contribution in [1.82, 2.24) is 14.9 Å². The van der Waals surface area contributed by atoms with Gasteiger partial charge in [0.05, 0.1) is 29.4 Å². The maximum absolute atomic E-state index is 13.6. The Morgan fingerprint density at radius 2 is 1.23 bits per heavy atom. The third-order valence-corrected chi connectivity index (χ3v) is 10.5. The van der Waals surface area contributed by atoms with Crippen LogP contribution in [0.5, 0.6) is 5.75 Å². The predicted molar refractivity (Wildman–Crippen MR) is 250 cm³/mol. The Bertz CT molecular complexity index is 1900. The number of aliphatic carboxylic acids is 4. The lowest BCUT2D eigenvalue weighted by atomic mass is 10.0. The van der Waals surface area contributed by atoms with Crippen molar-refractivity contribution in [3.8, 4) is 5.75 Å². The van der Waals surface area contributed by atoms with Crippen molar-refractivity contribution in [2.24, 2.45) is 0 Å². The molecule has 0 unspecified atom stereocenters. The summed E-state index contributed by atoms with van der Waals surface area (Å²) in [5, 5.41) is 40.1. The van der Waals surface area contributed by atoms with E-state index in [1.165, 1.54) is 18.5 Å². The van der Waals surface area contributed by atoms with E-state index < -0.39 is 29.7 Å². The molecular weight excluding hydrogens is 881 g/mol. The largest absolute Gasteiger partial charge is 0.489 e. The van der Waals surface area contributed by atoms with Gasteiger partial charge in [-0.05, 0) is 62.8 Å². The van der Waals surface area contributed by atoms with Crippen molar-refractivity contribution in [1.29, 1.82) is 0 Å². The molecule has 4 rings (SSSR count). The summed E-state index contributed by atoms with van der Waals surface area (Å²) in [4.78, 5) is 64.6. The van der Waals surface area contributed by atoms with E-state index in [-0.39, 0.29) is 36.6 Å². The van der Waals surface area contributed by atoms with Gasteiger partial charge >= 0.3 is 23.9 Å². The van der Waals surface area contributed by atoms with E-state index in [0.717, 1.165) is 115 Å². The maximum atomic E-state index is 13.6. The number of amides is 1. The minimum atomic E-state index is -0.740. The number of hydrogen-bond acceptors (Lipinski definition) is 12. The molecular formula is C47H67ClFN5O12. The number of aromatic nitrogens is 2. The van der Waals surface area contributed by atoms with Gasteiger partial charge in [0, 0.05) is 82.8 Å². The van der Waals surface area contributed by atoms with Gasteiger partial charge in [-0.3, -0.25) is 24.0 Å². The highest BCUT2D eigenvalue weighted by molar-refractivity contribution is 6.31. The van der Waals surface area contributed by atoms with Crippen molar-refractivity contribution in [2.75, 3.05) is 64.3 Å². The quantitative estimate of drug-likeness (QED) is 0.0280. The molecule has 0 radical (unpaired) electrons. The molecule has 0 atom stereocenters. The first kappa shape index (κ1) is 56.7. The minimum Gasteiger partial charge on any atom is -0.489 e. The molecule has 2 heterocycles. The summed E-state index contributed by atoms with van der Waals surface area (Å²) in [5.74, 6) is -2.78. The van der Waals surface area contributed by atoms with Crippen LogP contribution in [-0.4, -0.2) is 119 Å². The molecule has 1 aromatic heterocycles. The molecule has 3 aromatic rings. The number of methoxy groups -OCH3 is 2. The van der Waals surface area contributed by atoms with E-state index in [1.807, 2.05) is 0 Å². The molecule has 1 amide bonds. The number of likely N-dealkylation sites (tertiary alicyclic amines) is 1. The monoisotopic (exact) mass is 947 g/mol.